The molecule has 20 heavy (non-hydrogen) atoms. The summed E-state index contributed by atoms with van der Waals surface area (Å²) in [5, 5.41) is 3.10. The van der Waals surface area contributed by atoms with E-state index in [1.165, 1.54) is 12.8 Å². The molecule has 0 aliphatic heterocycles. The van der Waals surface area contributed by atoms with Crippen LogP contribution < -0.4 is 11.1 Å². The third-order valence-electron chi connectivity index (χ3n) is 4.56. The molecule has 110 valence electrons. The lowest BCUT2D eigenvalue weighted by atomic mass is 9.82. The quantitative estimate of drug-likeness (QED) is 0.886. The van der Waals surface area contributed by atoms with Gasteiger partial charge in [0.05, 0.1) is 5.41 Å². The molecule has 0 aromatic heterocycles. The molecule has 3 nitrogen and oxygen atoms in total. The molecule has 1 saturated carbocycles. The van der Waals surface area contributed by atoms with Crippen LogP contribution in [0.15, 0.2) is 30.3 Å². The molecule has 2 unspecified atom stereocenters. The summed E-state index contributed by atoms with van der Waals surface area (Å²) < 4.78 is 0. The van der Waals surface area contributed by atoms with Gasteiger partial charge in [-0.3, -0.25) is 4.79 Å². The van der Waals surface area contributed by atoms with Crippen molar-refractivity contribution < 1.29 is 4.79 Å². The van der Waals surface area contributed by atoms with Crippen LogP contribution in [0.1, 0.15) is 45.1 Å². The number of carbonyl (C=O) groups is 1. The first-order valence-corrected chi connectivity index (χ1v) is 7.61. The molecule has 1 aliphatic carbocycles. The average molecular weight is 274 g/mol. The molecule has 2 rings (SSSR count). The molecule has 0 spiro atoms. The van der Waals surface area contributed by atoms with Crippen LogP contribution in [0, 0.1) is 5.92 Å². The van der Waals surface area contributed by atoms with E-state index in [-0.39, 0.29) is 11.9 Å². The maximum absolute atomic E-state index is 12.5. The van der Waals surface area contributed by atoms with E-state index >= 15 is 0 Å². The van der Waals surface area contributed by atoms with E-state index in [1.807, 2.05) is 44.2 Å². The maximum Gasteiger partial charge on any atom is 0.230 e. The van der Waals surface area contributed by atoms with Crippen LogP contribution in [0.4, 0.5) is 0 Å². The number of hydrogen-bond donors (Lipinski definition) is 2. The predicted molar refractivity (Wildman–Crippen MR) is 82.4 cm³/mol. The number of benzene rings is 1. The Morgan fingerprint density at radius 3 is 2.55 bits per heavy atom. The van der Waals surface area contributed by atoms with Gasteiger partial charge in [0, 0.05) is 12.6 Å². The fourth-order valence-corrected chi connectivity index (χ4v) is 2.92. The van der Waals surface area contributed by atoms with E-state index in [4.69, 9.17) is 5.73 Å². The molecule has 0 radical (unpaired) electrons. The van der Waals surface area contributed by atoms with Crippen molar-refractivity contribution in [3.8, 4) is 0 Å². The van der Waals surface area contributed by atoms with Gasteiger partial charge in [-0.05, 0) is 38.2 Å². The number of rotatable bonds is 4. The first-order chi connectivity index (χ1) is 9.51. The van der Waals surface area contributed by atoms with Crippen molar-refractivity contribution in [1.29, 1.82) is 0 Å². The Bertz CT molecular complexity index is 442. The second-order valence-corrected chi connectivity index (χ2v) is 6.41. The second-order valence-electron chi connectivity index (χ2n) is 6.41. The van der Waals surface area contributed by atoms with E-state index in [2.05, 4.69) is 5.32 Å². The van der Waals surface area contributed by atoms with Gasteiger partial charge in [0.25, 0.3) is 0 Å². The van der Waals surface area contributed by atoms with Crippen molar-refractivity contribution in [2.24, 2.45) is 11.7 Å². The molecule has 0 bridgehead atoms. The molecule has 3 N–H and O–H groups in total. The molecule has 3 heteroatoms. The van der Waals surface area contributed by atoms with Crippen molar-refractivity contribution in [2.75, 3.05) is 6.54 Å². The minimum absolute atomic E-state index is 0.0847. The lowest BCUT2D eigenvalue weighted by Gasteiger charge is -2.30. The largest absolute Gasteiger partial charge is 0.355 e. The summed E-state index contributed by atoms with van der Waals surface area (Å²) in [5.41, 5.74) is 6.68. The zero-order valence-electron chi connectivity index (χ0n) is 12.6. The van der Waals surface area contributed by atoms with Crippen LogP contribution in [0.2, 0.25) is 0 Å². The molecule has 1 fully saturated rings. The minimum atomic E-state index is -0.500. The van der Waals surface area contributed by atoms with E-state index in [0.717, 1.165) is 18.4 Å². The summed E-state index contributed by atoms with van der Waals surface area (Å²) in [5.74, 6) is 0.515. The fraction of sp³-hybridized carbons (Fsp3) is 0.588. The number of amides is 1. The Labute approximate surface area is 121 Å². The van der Waals surface area contributed by atoms with Crippen LogP contribution in [0.25, 0.3) is 0 Å². The molecular weight excluding hydrogens is 248 g/mol. The highest BCUT2D eigenvalue weighted by molar-refractivity contribution is 5.87. The van der Waals surface area contributed by atoms with E-state index in [1.54, 1.807) is 0 Å². The zero-order valence-corrected chi connectivity index (χ0v) is 12.6. The summed E-state index contributed by atoms with van der Waals surface area (Å²) >= 11 is 0. The molecule has 2 atom stereocenters. The van der Waals surface area contributed by atoms with Gasteiger partial charge in [-0.25, -0.2) is 0 Å². The highest BCUT2D eigenvalue weighted by Gasteiger charge is 2.30. The van der Waals surface area contributed by atoms with Crippen LogP contribution >= 0.6 is 0 Å². The van der Waals surface area contributed by atoms with E-state index < -0.39 is 5.41 Å². The molecule has 1 aliphatic rings. The molecule has 1 aromatic carbocycles. The lowest BCUT2D eigenvalue weighted by molar-refractivity contribution is -0.125. The average Bonchev–Trinajstić information content (AvgIpc) is 2.47. The fourth-order valence-electron chi connectivity index (χ4n) is 2.92. The third kappa shape index (κ3) is 3.40. The number of nitrogens with one attached hydrogen (secondary N) is 1. The van der Waals surface area contributed by atoms with Crippen LogP contribution in [-0.2, 0) is 10.2 Å². The Morgan fingerprint density at radius 2 is 1.90 bits per heavy atom. The van der Waals surface area contributed by atoms with Crippen molar-refractivity contribution in [1.82, 2.24) is 5.32 Å². The summed E-state index contributed by atoms with van der Waals surface area (Å²) in [7, 11) is 0. The van der Waals surface area contributed by atoms with Gasteiger partial charge < -0.3 is 11.1 Å². The van der Waals surface area contributed by atoms with Gasteiger partial charge >= 0.3 is 0 Å². The molecule has 0 heterocycles. The SMILES string of the molecule is CC(C)(C(=O)NCC1CCCCC1N)c1ccccc1. The first kappa shape index (κ1) is 15.0. The van der Waals surface area contributed by atoms with Crippen LogP contribution in [0.5, 0.6) is 0 Å². The van der Waals surface area contributed by atoms with Gasteiger partial charge in [0.1, 0.15) is 0 Å². The smallest absolute Gasteiger partial charge is 0.230 e. The highest BCUT2D eigenvalue weighted by Crippen LogP contribution is 2.25. The standard InChI is InChI=1S/C17H26N2O/c1-17(2,14-9-4-3-5-10-14)16(20)19-12-13-8-6-7-11-15(13)18/h3-5,9-10,13,15H,6-8,11-12,18H2,1-2H3,(H,19,20). The van der Waals surface area contributed by atoms with Crippen molar-refractivity contribution >= 4 is 5.91 Å². The van der Waals surface area contributed by atoms with Gasteiger partial charge in [0.15, 0.2) is 0 Å². The first-order valence-electron chi connectivity index (χ1n) is 7.61. The Hall–Kier alpha value is -1.35. The molecule has 1 aromatic rings. The predicted octanol–water partition coefficient (Wildman–Crippen LogP) is 2.60. The second kappa shape index (κ2) is 6.40. The molecule has 0 saturated heterocycles. The summed E-state index contributed by atoms with van der Waals surface area (Å²) in [6, 6.07) is 10.2. The number of carbonyl (C=O) groups excluding carboxylic acids is 1. The topological polar surface area (TPSA) is 55.1 Å². The highest BCUT2D eigenvalue weighted by atomic mass is 16.2. The maximum atomic E-state index is 12.5. The summed E-state index contributed by atoms with van der Waals surface area (Å²) in [4.78, 5) is 12.5. The van der Waals surface area contributed by atoms with Crippen molar-refractivity contribution in [3.05, 3.63) is 35.9 Å². The van der Waals surface area contributed by atoms with E-state index in [0.29, 0.717) is 12.5 Å². The molecule has 1 amide bonds. The monoisotopic (exact) mass is 274 g/mol. The third-order valence-corrected chi connectivity index (χ3v) is 4.56. The number of nitrogens with two attached hydrogens (primary N) is 1. The minimum Gasteiger partial charge on any atom is -0.355 e. The van der Waals surface area contributed by atoms with Crippen molar-refractivity contribution in [3.63, 3.8) is 0 Å². The Balaban J connectivity index is 1.94. The summed E-state index contributed by atoms with van der Waals surface area (Å²) in [6.07, 6.45) is 4.67. The normalized spacial score (nSPS) is 23.4. The zero-order chi connectivity index (χ0) is 14.6. The van der Waals surface area contributed by atoms with Crippen molar-refractivity contribution in [2.45, 2.75) is 51.0 Å². The van der Waals surface area contributed by atoms with Gasteiger partial charge in [0.2, 0.25) is 5.91 Å². The van der Waals surface area contributed by atoms with Crippen LogP contribution in [0.3, 0.4) is 0 Å². The van der Waals surface area contributed by atoms with Gasteiger partial charge in [-0.15, -0.1) is 0 Å². The Kier molecular flexibility index (Phi) is 4.81. The molecular formula is C17H26N2O. The Morgan fingerprint density at radius 1 is 1.25 bits per heavy atom. The van der Waals surface area contributed by atoms with Crippen LogP contribution in [-0.4, -0.2) is 18.5 Å². The summed E-state index contributed by atoms with van der Waals surface area (Å²) in [6.45, 7) is 4.65. The van der Waals surface area contributed by atoms with E-state index in [9.17, 15) is 4.79 Å². The van der Waals surface area contributed by atoms with Gasteiger partial charge in [-0.2, -0.15) is 0 Å². The lowest BCUT2D eigenvalue weighted by Crippen LogP contribution is -2.46. The number of hydrogen-bond acceptors (Lipinski definition) is 2. The van der Waals surface area contributed by atoms with Gasteiger partial charge in [-0.1, -0.05) is 43.2 Å².